The van der Waals surface area contributed by atoms with E-state index in [0.29, 0.717) is 18.1 Å². The molecule has 0 bridgehead atoms. The number of likely N-dealkylation sites (N-methyl/N-ethyl adjacent to an activating group) is 1. The van der Waals surface area contributed by atoms with E-state index in [1.807, 2.05) is 12.1 Å². The second kappa shape index (κ2) is 6.20. The van der Waals surface area contributed by atoms with Gasteiger partial charge in [-0.15, -0.1) is 0 Å². The minimum absolute atomic E-state index is 0.0619. The molecule has 1 aliphatic carbocycles. The quantitative estimate of drug-likeness (QED) is 0.911. The predicted octanol–water partition coefficient (Wildman–Crippen LogP) is 1.99. The van der Waals surface area contributed by atoms with Gasteiger partial charge in [0.1, 0.15) is 5.82 Å². The third-order valence-electron chi connectivity index (χ3n) is 4.46. The first kappa shape index (κ1) is 14.0. The van der Waals surface area contributed by atoms with Crippen molar-refractivity contribution in [3.63, 3.8) is 0 Å². The van der Waals surface area contributed by atoms with E-state index in [1.165, 1.54) is 0 Å². The summed E-state index contributed by atoms with van der Waals surface area (Å²) in [5, 5.41) is 3.55. The Labute approximate surface area is 120 Å². The molecule has 110 valence electrons. The molecule has 4 heteroatoms. The molecule has 0 spiro atoms. The van der Waals surface area contributed by atoms with Gasteiger partial charge in [0.05, 0.1) is 12.7 Å². The minimum Gasteiger partial charge on any atom is -0.374 e. The van der Waals surface area contributed by atoms with Gasteiger partial charge in [-0.3, -0.25) is 0 Å². The fourth-order valence-corrected chi connectivity index (χ4v) is 3.13. The Morgan fingerprint density at radius 3 is 2.90 bits per heavy atom. The summed E-state index contributed by atoms with van der Waals surface area (Å²) in [6, 6.07) is 7.65. The average molecular weight is 278 g/mol. The Hall–Kier alpha value is -0.970. The Balaban J connectivity index is 1.41. The fraction of sp³-hybridized carbons (Fsp3) is 0.625. The Kier molecular flexibility index (Phi) is 4.34. The molecule has 3 rings (SSSR count). The van der Waals surface area contributed by atoms with Gasteiger partial charge in [-0.25, -0.2) is 4.39 Å². The topological polar surface area (TPSA) is 24.5 Å². The van der Waals surface area contributed by atoms with Crippen LogP contribution >= 0.6 is 0 Å². The van der Waals surface area contributed by atoms with Crippen molar-refractivity contribution in [3.05, 3.63) is 35.6 Å². The summed E-state index contributed by atoms with van der Waals surface area (Å²) in [6.45, 7) is 3.75. The van der Waals surface area contributed by atoms with Crippen LogP contribution < -0.4 is 5.32 Å². The monoisotopic (exact) mass is 278 g/mol. The first-order valence-corrected chi connectivity index (χ1v) is 7.50. The van der Waals surface area contributed by atoms with Crippen LogP contribution in [0.25, 0.3) is 0 Å². The first-order chi connectivity index (χ1) is 9.72. The SMILES string of the molecule is CN1CCOC(CNC2CC(c3ccccc3F)C2)C1. The zero-order valence-electron chi connectivity index (χ0n) is 12.0. The lowest BCUT2D eigenvalue weighted by Crippen LogP contribution is -2.49. The van der Waals surface area contributed by atoms with E-state index in [2.05, 4.69) is 17.3 Å². The summed E-state index contributed by atoms with van der Waals surface area (Å²) in [6.07, 6.45) is 2.36. The van der Waals surface area contributed by atoms with Crippen LogP contribution in [0.2, 0.25) is 0 Å². The van der Waals surface area contributed by atoms with Crippen LogP contribution in [0.4, 0.5) is 4.39 Å². The molecule has 20 heavy (non-hydrogen) atoms. The average Bonchev–Trinajstić information content (AvgIpc) is 2.39. The van der Waals surface area contributed by atoms with Crippen LogP contribution in [0.3, 0.4) is 0 Å². The molecular weight excluding hydrogens is 255 g/mol. The summed E-state index contributed by atoms with van der Waals surface area (Å²) < 4.78 is 19.4. The molecule has 3 nitrogen and oxygen atoms in total. The lowest BCUT2D eigenvalue weighted by molar-refractivity contribution is -0.0207. The summed E-state index contributed by atoms with van der Waals surface area (Å²) >= 11 is 0. The normalized spacial score (nSPS) is 31.0. The maximum Gasteiger partial charge on any atom is 0.126 e. The number of ether oxygens (including phenoxy) is 1. The van der Waals surface area contributed by atoms with E-state index in [1.54, 1.807) is 12.1 Å². The number of nitrogens with one attached hydrogen (secondary N) is 1. The molecule has 1 aromatic carbocycles. The fourth-order valence-electron chi connectivity index (χ4n) is 3.13. The standard InChI is InChI=1S/C16H23FN2O/c1-19-6-7-20-14(11-19)10-18-13-8-12(9-13)15-4-2-3-5-16(15)17/h2-5,12-14,18H,6-11H2,1H3. The molecule has 1 aromatic rings. The molecule has 1 aliphatic heterocycles. The lowest BCUT2D eigenvalue weighted by atomic mass is 9.75. The zero-order valence-corrected chi connectivity index (χ0v) is 12.0. The van der Waals surface area contributed by atoms with Crippen molar-refractivity contribution in [1.82, 2.24) is 10.2 Å². The number of benzene rings is 1. The molecule has 1 N–H and O–H groups in total. The Morgan fingerprint density at radius 1 is 1.35 bits per heavy atom. The van der Waals surface area contributed by atoms with Gasteiger partial charge in [0.15, 0.2) is 0 Å². The van der Waals surface area contributed by atoms with Crippen molar-refractivity contribution >= 4 is 0 Å². The van der Waals surface area contributed by atoms with Crippen molar-refractivity contribution in [3.8, 4) is 0 Å². The molecule has 0 aromatic heterocycles. The number of hydrogen-bond acceptors (Lipinski definition) is 3. The highest BCUT2D eigenvalue weighted by Gasteiger charge is 2.32. The van der Waals surface area contributed by atoms with Gasteiger partial charge in [0, 0.05) is 25.7 Å². The summed E-state index contributed by atoms with van der Waals surface area (Å²) in [5.74, 6) is 0.317. The maximum absolute atomic E-state index is 13.7. The molecular formula is C16H23FN2O. The maximum atomic E-state index is 13.7. The van der Waals surface area contributed by atoms with Crippen molar-refractivity contribution in [2.45, 2.75) is 30.9 Å². The molecule has 0 amide bonds. The molecule has 1 saturated heterocycles. The summed E-state index contributed by atoms with van der Waals surface area (Å²) in [5.41, 5.74) is 0.874. The molecule has 1 heterocycles. The van der Waals surface area contributed by atoms with Crippen LogP contribution in [-0.4, -0.2) is 50.3 Å². The second-order valence-electron chi connectivity index (χ2n) is 6.05. The second-order valence-corrected chi connectivity index (χ2v) is 6.05. The molecule has 2 fully saturated rings. The third-order valence-corrected chi connectivity index (χ3v) is 4.46. The van der Waals surface area contributed by atoms with Crippen molar-refractivity contribution < 1.29 is 9.13 Å². The Bertz CT molecular complexity index is 448. The van der Waals surface area contributed by atoms with Crippen molar-refractivity contribution in [1.29, 1.82) is 0 Å². The lowest BCUT2D eigenvalue weighted by Gasteiger charge is -2.38. The summed E-state index contributed by atoms with van der Waals surface area (Å²) in [7, 11) is 2.13. The Morgan fingerprint density at radius 2 is 2.15 bits per heavy atom. The van der Waals surface area contributed by atoms with Gasteiger partial charge in [-0.1, -0.05) is 18.2 Å². The first-order valence-electron chi connectivity index (χ1n) is 7.50. The van der Waals surface area contributed by atoms with Gasteiger partial charge in [-0.05, 0) is 37.4 Å². The number of morpholine rings is 1. The summed E-state index contributed by atoms with van der Waals surface area (Å²) in [4.78, 5) is 2.30. The largest absolute Gasteiger partial charge is 0.374 e. The number of halogens is 1. The van der Waals surface area contributed by atoms with Gasteiger partial charge in [-0.2, -0.15) is 0 Å². The highest BCUT2D eigenvalue weighted by Crippen LogP contribution is 2.37. The predicted molar refractivity (Wildman–Crippen MR) is 77.4 cm³/mol. The van der Waals surface area contributed by atoms with Gasteiger partial charge in [0.25, 0.3) is 0 Å². The van der Waals surface area contributed by atoms with E-state index in [9.17, 15) is 4.39 Å². The van der Waals surface area contributed by atoms with E-state index in [0.717, 1.165) is 44.6 Å². The van der Waals surface area contributed by atoms with E-state index < -0.39 is 0 Å². The van der Waals surface area contributed by atoms with Crippen LogP contribution in [0, 0.1) is 5.82 Å². The van der Waals surface area contributed by atoms with Gasteiger partial charge in [0.2, 0.25) is 0 Å². The minimum atomic E-state index is -0.0619. The van der Waals surface area contributed by atoms with Crippen LogP contribution in [-0.2, 0) is 4.74 Å². The van der Waals surface area contributed by atoms with E-state index in [4.69, 9.17) is 4.74 Å². The molecule has 1 saturated carbocycles. The van der Waals surface area contributed by atoms with Crippen molar-refractivity contribution in [2.24, 2.45) is 0 Å². The molecule has 1 unspecified atom stereocenters. The molecule has 1 atom stereocenters. The number of rotatable bonds is 4. The van der Waals surface area contributed by atoms with Crippen LogP contribution in [0.5, 0.6) is 0 Å². The van der Waals surface area contributed by atoms with E-state index >= 15 is 0 Å². The van der Waals surface area contributed by atoms with E-state index in [-0.39, 0.29) is 5.82 Å². The number of nitrogens with zero attached hydrogens (tertiary/aromatic N) is 1. The van der Waals surface area contributed by atoms with Crippen molar-refractivity contribution in [2.75, 3.05) is 33.3 Å². The third kappa shape index (κ3) is 3.19. The smallest absolute Gasteiger partial charge is 0.126 e. The molecule has 0 radical (unpaired) electrons. The van der Waals surface area contributed by atoms with Gasteiger partial charge < -0.3 is 15.0 Å². The number of hydrogen-bond donors (Lipinski definition) is 1. The highest BCUT2D eigenvalue weighted by atomic mass is 19.1. The highest BCUT2D eigenvalue weighted by molar-refractivity contribution is 5.24. The molecule has 2 aliphatic rings. The van der Waals surface area contributed by atoms with Crippen LogP contribution in [0.1, 0.15) is 24.3 Å². The van der Waals surface area contributed by atoms with Gasteiger partial charge >= 0.3 is 0 Å². The zero-order chi connectivity index (χ0) is 13.9. The van der Waals surface area contributed by atoms with Crippen LogP contribution in [0.15, 0.2) is 24.3 Å².